The molecule has 2 fully saturated rings. The van der Waals surface area contributed by atoms with E-state index in [1.807, 2.05) is 30.3 Å². The van der Waals surface area contributed by atoms with Crippen molar-refractivity contribution >= 4 is 23.2 Å². The highest BCUT2D eigenvalue weighted by atomic mass is 19.1. The third-order valence-electron chi connectivity index (χ3n) is 8.48. The molecule has 0 aromatic heterocycles. The number of piperidine rings is 1. The lowest BCUT2D eigenvalue weighted by Crippen LogP contribution is -2.46. The molecular formula is C34H40FN3O3. The summed E-state index contributed by atoms with van der Waals surface area (Å²) in [5.41, 5.74) is 2.70. The molecule has 3 aromatic carbocycles. The van der Waals surface area contributed by atoms with Gasteiger partial charge in [0.1, 0.15) is 5.82 Å². The van der Waals surface area contributed by atoms with Gasteiger partial charge in [-0.15, -0.1) is 0 Å². The molecule has 7 heteroatoms. The Hall–Kier alpha value is -3.71. The first-order valence-corrected chi connectivity index (χ1v) is 14.7. The second-order valence-corrected chi connectivity index (χ2v) is 12.0. The molecule has 1 saturated carbocycles. The maximum atomic E-state index is 15.0. The van der Waals surface area contributed by atoms with Gasteiger partial charge in [-0.3, -0.25) is 9.59 Å². The van der Waals surface area contributed by atoms with Crippen LogP contribution in [0.5, 0.6) is 0 Å². The van der Waals surface area contributed by atoms with Gasteiger partial charge < -0.3 is 20.6 Å². The van der Waals surface area contributed by atoms with E-state index in [0.717, 1.165) is 24.1 Å². The smallest absolute Gasteiger partial charge is 0.257 e. The van der Waals surface area contributed by atoms with Gasteiger partial charge in [0, 0.05) is 24.0 Å². The molecule has 2 aliphatic rings. The monoisotopic (exact) mass is 557 g/mol. The summed E-state index contributed by atoms with van der Waals surface area (Å²) in [5, 5.41) is 17.1. The van der Waals surface area contributed by atoms with Gasteiger partial charge in [0.15, 0.2) is 0 Å². The molecule has 1 saturated heterocycles. The van der Waals surface area contributed by atoms with Crippen molar-refractivity contribution in [2.45, 2.75) is 77.0 Å². The lowest BCUT2D eigenvalue weighted by molar-refractivity contribution is -0.123. The molecule has 1 heterocycles. The molecule has 41 heavy (non-hydrogen) atoms. The predicted octanol–water partition coefficient (Wildman–Crippen LogP) is 6.95. The van der Waals surface area contributed by atoms with Crippen molar-refractivity contribution in [1.29, 1.82) is 0 Å². The summed E-state index contributed by atoms with van der Waals surface area (Å²) in [6.45, 7) is 5.56. The quantitative estimate of drug-likeness (QED) is 0.294. The molecule has 5 rings (SSSR count). The van der Waals surface area contributed by atoms with E-state index in [9.17, 15) is 19.1 Å². The second-order valence-electron chi connectivity index (χ2n) is 12.0. The fourth-order valence-corrected chi connectivity index (χ4v) is 6.25. The number of hydrogen-bond donors (Lipinski definition) is 3. The van der Waals surface area contributed by atoms with Crippen LogP contribution in [0.2, 0.25) is 0 Å². The lowest BCUT2D eigenvalue weighted by atomic mass is 9.83. The molecule has 3 N–H and O–H groups in total. The molecular weight excluding hydrogens is 517 g/mol. The van der Waals surface area contributed by atoms with Crippen molar-refractivity contribution in [3.05, 3.63) is 94.8 Å². The van der Waals surface area contributed by atoms with Gasteiger partial charge in [0.25, 0.3) is 5.91 Å². The van der Waals surface area contributed by atoms with Crippen LogP contribution in [-0.4, -0.2) is 34.4 Å². The minimum Gasteiger partial charge on any atom is -0.386 e. The standard InChI is InChI=1S/C34H40FN3O3/c1-22-9-6-15-29(35)30(22)33(40)38-20-8-14-28(32(39)37-27-13-7-10-24(21-27)34(2,3)41)31(38)23-16-18-26(19-17-23)36-25-11-4-5-12-25/h6-7,9-10,13,15-19,21,25,28,31,36,41H,4-5,8,11-12,14,20H2,1-3H3,(H,37,39)/t28-,31-/m0/s1. The SMILES string of the molecule is Cc1cccc(F)c1C(=O)N1CCC[C@H](C(=O)Nc2cccc(C(C)(C)O)c2)[C@@H]1c1ccc(NC2CCCC2)cc1. The van der Waals surface area contributed by atoms with Crippen LogP contribution < -0.4 is 10.6 Å². The van der Waals surface area contributed by atoms with E-state index in [4.69, 9.17) is 0 Å². The van der Waals surface area contributed by atoms with Gasteiger partial charge in [-0.1, -0.05) is 49.2 Å². The number of carbonyl (C=O) groups excluding carboxylic acids is 2. The summed E-state index contributed by atoms with van der Waals surface area (Å²) in [6.07, 6.45) is 6.00. The van der Waals surface area contributed by atoms with Crippen LogP contribution in [0.3, 0.4) is 0 Å². The molecule has 1 aliphatic carbocycles. The number of aliphatic hydroxyl groups is 1. The van der Waals surface area contributed by atoms with Gasteiger partial charge in [0.2, 0.25) is 5.91 Å². The summed E-state index contributed by atoms with van der Waals surface area (Å²) < 4.78 is 15.0. The number of anilines is 2. The summed E-state index contributed by atoms with van der Waals surface area (Å²) >= 11 is 0. The number of amides is 2. The Labute approximate surface area is 242 Å². The number of rotatable bonds is 7. The highest BCUT2D eigenvalue weighted by Gasteiger charge is 2.40. The molecule has 0 unspecified atom stereocenters. The van der Waals surface area contributed by atoms with E-state index < -0.39 is 29.3 Å². The van der Waals surface area contributed by atoms with E-state index in [2.05, 4.69) is 10.6 Å². The fourth-order valence-electron chi connectivity index (χ4n) is 6.25. The highest BCUT2D eigenvalue weighted by molar-refractivity contribution is 5.98. The number of aryl methyl sites for hydroxylation is 1. The number of benzene rings is 3. The van der Waals surface area contributed by atoms with Gasteiger partial charge in [-0.25, -0.2) is 4.39 Å². The zero-order chi connectivity index (χ0) is 29.1. The minimum atomic E-state index is -1.05. The Morgan fingerprint density at radius 2 is 1.63 bits per heavy atom. The van der Waals surface area contributed by atoms with Crippen molar-refractivity contribution in [2.75, 3.05) is 17.2 Å². The molecule has 0 spiro atoms. The number of nitrogens with zero attached hydrogens (tertiary/aromatic N) is 1. The fraction of sp³-hybridized carbons (Fsp3) is 0.412. The van der Waals surface area contributed by atoms with E-state index in [1.54, 1.807) is 56.0 Å². The molecule has 1 aliphatic heterocycles. The first-order valence-electron chi connectivity index (χ1n) is 14.7. The Bertz CT molecular complexity index is 1370. The van der Waals surface area contributed by atoms with E-state index >= 15 is 0 Å². The van der Waals surface area contributed by atoms with Crippen LogP contribution in [0.25, 0.3) is 0 Å². The van der Waals surface area contributed by atoms with Crippen molar-refractivity contribution in [1.82, 2.24) is 4.90 Å². The topological polar surface area (TPSA) is 81.7 Å². The molecule has 2 atom stereocenters. The molecule has 6 nitrogen and oxygen atoms in total. The maximum absolute atomic E-state index is 15.0. The first-order chi connectivity index (χ1) is 19.6. The predicted molar refractivity (Wildman–Crippen MR) is 160 cm³/mol. The Balaban J connectivity index is 1.47. The van der Waals surface area contributed by atoms with Gasteiger partial charge >= 0.3 is 0 Å². The molecule has 3 aromatic rings. The average Bonchev–Trinajstić information content (AvgIpc) is 3.46. The molecule has 216 valence electrons. The normalized spacial score (nSPS) is 19.7. The van der Waals surface area contributed by atoms with Gasteiger partial charge in [0.05, 0.1) is 23.1 Å². The second kappa shape index (κ2) is 12.0. The van der Waals surface area contributed by atoms with Crippen molar-refractivity contribution < 1.29 is 19.1 Å². The zero-order valence-electron chi connectivity index (χ0n) is 24.1. The van der Waals surface area contributed by atoms with E-state index in [0.29, 0.717) is 42.2 Å². The summed E-state index contributed by atoms with van der Waals surface area (Å²) in [7, 11) is 0. The molecule has 2 amide bonds. The van der Waals surface area contributed by atoms with Crippen molar-refractivity contribution in [3.8, 4) is 0 Å². The van der Waals surface area contributed by atoms with Crippen LogP contribution >= 0.6 is 0 Å². The maximum Gasteiger partial charge on any atom is 0.257 e. The number of likely N-dealkylation sites (tertiary alicyclic amines) is 1. The highest BCUT2D eigenvalue weighted by Crippen LogP contribution is 2.39. The summed E-state index contributed by atoms with van der Waals surface area (Å²) in [5.74, 6) is -1.71. The van der Waals surface area contributed by atoms with Crippen LogP contribution in [0, 0.1) is 18.7 Å². The van der Waals surface area contributed by atoms with Crippen LogP contribution in [0.15, 0.2) is 66.7 Å². The van der Waals surface area contributed by atoms with Gasteiger partial charge in [-0.2, -0.15) is 0 Å². The molecule has 0 bridgehead atoms. The van der Waals surface area contributed by atoms with Gasteiger partial charge in [-0.05, 0) is 93.5 Å². The third-order valence-corrected chi connectivity index (χ3v) is 8.48. The van der Waals surface area contributed by atoms with E-state index in [1.165, 1.54) is 18.9 Å². The minimum absolute atomic E-state index is 0.0518. The van der Waals surface area contributed by atoms with E-state index in [-0.39, 0.29) is 11.5 Å². The zero-order valence-corrected chi connectivity index (χ0v) is 24.1. The summed E-state index contributed by atoms with van der Waals surface area (Å²) in [6, 6.07) is 19.7. The Morgan fingerprint density at radius 3 is 2.32 bits per heavy atom. The number of nitrogens with one attached hydrogen (secondary N) is 2. The number of hydrogen-bond acceptors (Lipinski definition) is 4. The number of halogens is 1. The van der Waals surface area contributed by atoms with Crippen molar-refractivity contribution in [3.63, 3.8) is 0 Å². The Kier molecular flexibility index (Phi) is 8.45. The largest absolute Gasteiger partial charge is 0.386 e. The molecule has 0 radical (unpaired) electrons. The lowest BCUT2D eigenvalue weighted by Gasteiger charge is -2.41. The Morgan fingerprint density at radius 1 is 0.927 bits per heavy atom. The third kappa shape index (κ3) is 6.46. The van der Waals surface area contributed by atoms with Crippen molar-refractivity contribution in [2.24, 2.45) is 5.92 Å². The van der Waals surface area contributed by atoms with Crippen LogP contribution in [-0.2, 0) is 10.4 Å². The first kappa shape index (κ1) is 28.8. The van der Waals surface area contributed by atoms with Crippen LogP contribution in [0.4, 0.5) is 15.8 Å². The average molecular weight is 558 g/mol. The number of carbonyl (C=O) groups is 2. The van der Waals surface area contributed by atoms with Crippen LogP contribution in [0.1, 0.15) is 85.5 Å². The summed E-state index contributed by atoms with van der Waals surface area (Å²) in [4.78, 5) is 29.4.